The summed E-state index contributed by atoms with van der Waals surface area (Å²) >= 11 is 0. The van der Waals surface area contributed by atoms with Gasteiger partial charge in [0.15, 0.2) is 0 Å². The molecule has 0 spiro atoms. The maximum absolute atomic E-state index is 12.5. The van der Waals surface area contributed by atoms with E-state index in [1.807, 2.05) is 17.9 Å². The monoisotopic (exact) mass is 411 g/mol. The van der Waals surface area contributed by atoms with Gasteiger partial charge in [-0.3, -0.25) is 14.4 Å². The van der Waals surface area contributed by atoms with E-state index in [-0.39, 0.29) is 24.8 Å². The molecular formula is C22H25N3O5. The first-order chi connectivity index (χ1) is 14.2. The van der Waals surface area contributed by atoms with E-state index in [9.17, 15) is 19.5 Å². The molecule has 2 aliphatic heterocycles. The number of furan rings is 1. The van der Waals surface area contributed by atoms with Gasteiger partial charge in [-0.15, -0.1) is 0 Å². The number of nitrogens with one attached hydrogen (secondary N) is 2. The van der Waals surface area contributed by atoms with Crippen LogP contribution < -0.4 is 15.5 Å². The summed E-state index contributed by atoms with van der Waals surface area (Å²) in [5, 5.41) is 15.5. The Labute approximate surface area is 174 Å². The smallest absolute Gasteiger partial charge is 0.313 e. The van der Waals surface area contributed by atoms with Gasteiger partial charge in [0.2, 0.25) is 5.91 Å². The lowest BCUT2D eigenvalue weighted by Crippen LogP contribution is -2.45. The first kappa shape index (κ1) is 20.2. The summed E-state index contributed by atoms with van der Waals surface area (Å²) in [7, 11) is 0. The van der Waals surface area contributed by atoms with Crippen molar-refractivity contribution in [1.29, 1.82) is 0 Å². The molecule has 8 nitrogen and oxygen atoms in total. The molecule has 4 rings (SSSR count). The van der Waals surface area contributed by atoms with Gasteiger partial charge in [-0.25, -0.2) is 0 Å². The molecule has 0 aliphatic carbocycles. The van der Waals surface area contributed by atoms with Crippen LogP contribution in [0.1, 0.15) is 43.1 Å². The molecule has 2 aliphatic rings. The Morgan fingerprint density at radius 1 is 1.33 bits per heavy atom. The first-order valence-corrected chi connectivity index (χ1v) is 10.1. The minimum atomic E-state index is -1.26. The third kappa shape index (κ3) is 3.82. The van der Waals surface area contributed by atoms with Crippen LogP contribution in [0.25, 0.3) is 0 Å². The number of hydrogen-bond donors (Lipinski definition) is 3. The Morgan fingerprint density at radius 3 is 2.87 bits per heavy atom. The number of carbonyl (C=O) groups excluding carboxylic acids is 3. The van der Waals surface area contributed by atoms with Crippen LogP contribution in [0.15, 0.2) is 34.9 Å². The number of anilines is 2. The van der Waals surface area contributed by atoms with E-state index in [1.165, 1.54) is 6.26 Å². The molecule has 3 heterocycles. The van der Waals surface area contributed by atoms with E-state index in [4.69, 9.17) is 4.42 Å². The van der Waals surface area contributed by atoms with Gasteiger partial charge in [0, 0.05) is 25.2 Å². The number of carbonyl (C=O) groups is 3. The number of nitrogens with zero attached hydrogens (tertiary/aromatic N) is 1. The molecule has 158 valence electrons. The maximum atomic E-state index is 12.5. The summed E-state index contributed by atoms with van der Waals surface area (Å²) in [6.45, 7) is 4.03. The summed E-state index contributed by atoms with van der Waals surface area (Å²) in [6, 6.07) is 7.05. The Kier molecular flexibility index (Phi) is 5.11. The third-order valence-electron chi connectivity index (χ3n) is 5.65. The van der Waals surface area contributed by atoms with Crippen LogP contribution in [0.5, 0.6) is 0 Å². The van der Waals surface area contributed by atoms with Crippen molar-refractivity contribution >= 4 is 29.1 Å². The van der Waals surface area contributed by atoms with Gasteiger partial charge in [-0.05, 0) is 62.1 Å². The third-order valence-corrected chi connectivity index (χ3v) is 5.65. The second-order valence-electron chi connectivity index (χ2n) is 8.28. The van der Waals surface area contributed by atoms with Crippen molar-refractivity contribution < 1.29 is 23.9 Å². The van der Waals surface area contributed by atoms with Gasteiger partial charge in [0.25, 0.3) is 0 Å². The number of aliphatic hydroxyl groups is 1. The van der Waals surface area contributed by atoms with Gasteiger partial charge in [-0.1, -0.05) is 0 Å². The van der Waals surface area contributed by atoms with Crippen molar-refractivity contribution in [3.8, 4) is 0 Å². The van der Waals surface area contributed by atoms with E-state index in [0.717, 1.165) is 36.2 Å². The van der Waals surface area contributed by atoms with E-state index in [0.29, 0.717) is 11.4 Å². The first-order valence-electron chi connectivity index (χ1n) is 10.1. The van der Waals surface area contributed by atoms with Crippen LogP contribution in [0.4, 0.5) is 11.4 Å². The standard InChI is InChI=1S/C22H25N3O5/c1-13-17-10-15(9-14-5-3-7-25(18(14)17)21(13)28)24-20(27)19(26)23-12-22(2,29)11-16-6-4-8-30-16/h4,6,8-10,13,29H,3,5,7,11-12H2,1-2H3,(H,23,26)(H,24,27). The molecule has 2 unspecified atom stereocenters. The molecule has 2 aromatic rings. The van der Waals surface area contributed by atoms with E-state index >= 15 is 0 Å². The quantitative estimate of drug-likeness (QED) is 0.649. The van der Waals surface area contributed by atoms with Crippen LogP contribution in [0, 0.1) is 0 Å². The van der Waals surface area contributed by atoms with Crippen LogP contribution >= 0.6 is 0 Å². The molecule has 8 heteroatoms. The SMILES string of the molecule is CC1C(=O)N2CCCc3cc(NC(=O)C(=O)NCC(C)(O)Cc4ccco4)cc1c32. The highest BCUT2D eigenvalue weighted by molar-refractivity contribution is 6.39. The Morgan fingerprint density at radius 2 is 2.13 bits per heavy atom. The summed E-state index contributed by atoms with van der Waals surface area (Å²) in [6.07, 6.45) is 3.41. The lowest BCUT2D eigenvalue weighted by molar-refractivity contribution is -0.136. The summed E-state index contributed by atoms with van der Waals surface area (Å²) in [5.41, 5.74) is 2.08. The van der Waals surface area contributed by atoms with Crippen molar-refractivity contribution in [3.63, 3.8) is 0 Å². The van der Waals surface area contributed by atoms with Crippen molar-refractivity contribution in [2.75, 3.05) is 23.3 Å². The Hall–Kier alpha value is -3.13. The average molecular weight is 411 g/mol. The van der Waals surface area contributed by atoms with Gasteiger partial charge < -0.3 is 25.1 Å². The maximum Gasteiger partial charge on any atom is 0.313 e. The van der Waals surface area contributed by atoms with Crippen molar-refractivity contribution in [1.82, 2.24) is 5.32 Å². The van der Waals surface area contributed by atoms with E-state index < -0.39 is 17.4 Å². The summed E-state index contributed by atoms with van der Waals surface area (Å²) in [5.74, 6) is -1.26. The predicted octanol–water partition coefficient (Wildman–Crippen LogP) is 1.72. The fourth-order valence-electron chi connectivity index (χ4n) is 4.16. The largest absolute Gasteiger partial charge is 0.469 e. The lowest BCUT2D eigenvalue weighted by Gasteiger charge is -2.26. The highest BCUT2D eigenvalue weighted by Gasteiger charge is 2.38. The summed E-state index contributed by atoms with van der Waals surface area (Å²) in [4.78, 5) is 38.9. The normalized spacial score (nSPS) is 19.2. The molecule has 30 heavy (non-hydrogen) atoms. The molecule has 1 aromatic heterocycles. The van der Waals surface area contributed by atoms with Gasteiger partial charge in [-0.2, -0.15) is 0 Å². The minimum Gasteiger partial charge on any atom is -0.469 e. The Bertz CT molecular complexity index is 996. The van der Waals surface area contributed by atoms with E-state index in [2.05, 4.69) is 10.6 Å². The van der Waals surface area contributed by atoms with Crippen LogP contribution in [0.3, 0.4) is 0 Å². The second kappa shape index (κ2) is 7.60. The molecule has 0 saturated carbocycles. The molecule has 0 bridgehead atoms. The minimum absolute atomic E-state index is 0.0750. The molecule has 3 N–H and O–H groups in total. The molecular weight excluding hydrogens is 386 g/mol. The predicted molar refractivity (Wildman–Crippen MR) is 110 cm³/mol. The molecule has 3 amide bonds. The Balaban J connectivity index is 1.41. The fraction of sp³-hybridized carbons (Fsp3) is 0.409. The highest BCUT2D eigenvalue weighted by atomic mass is 16.3. The highest BCUT2D eigenvalue weighted by Crippen LogP contribution is 2.44. The van der Waals surface area contributed by atoms with Crippen molar-refractivity contribution in [3.05, 3.63) is 47.4 Å². The zero-order chi connectivity index (χ0) is 21.5. The van der Waals surface area contributed by atoms with Gasteiger partial charge in [0.05, 0.1) is 23.5 Å². The van der Waals surface area contributed by atoms with Gasteiger partial charge >= 0.3 is 11.8 Å². The molecule has 2 atom stereocenters. The van der Waals surface area contributed by atoms with Crippen LogP contribution in [-0.4, -0.2) is 41.5 Å². The second-order valence-corrected chi connectivity index (χ2v) is 8.28. The number of amides is 3. The number of aryl methyl sites for hydroxylation is 1. The topological polar surface area (TPSA) is 112 Å². The number of hydrogen-bond acceptors (Lipinski definition) is 5. The lowest BCUT2D eigenvalue weighted by atomic mass is 9.96. The van der Waals surface area contributed by atoms with Gasteiger partial charge in [0.1, 0.15) is 5.76 Å². The number of rotatable bonds is 5. The van der Waals surface area contributed by atoms with E-state index in [1.54, 1.807) is 25.1 Å². The van der Waals surface area contributed by atoms with Crippen molar-refractivity contribution in [2.45, 2.75) is 44.6 Å². The average Bonchev–Trinajstić information content (AvgIpc) is 3.29. The zero-order valence-electron chi connectivity index (χ0n) is 17.0. The summed E-state index contributed by atoms with van der Waals surface area (Å²) < 4.78 is 5.21. The molecule has 0 saturated heterocycles. The molecule has 0 radical (unpaired) electrons. The zero-order valence-corrected chi connectivity index (χ0v) is 17.0. The van der Waals surface area contributed by atoms with Crippen LogP contribution in [0.2, 0.25) is 0 Å². The van der Waals surface area contributed by atoms with Crippen LogP contribution in [-0.2, 0) is 27.2 Å². The molecule has 1 aromatic carbocycles. The van der Waals surface area contributed by atoms with Crippen molar-refractivity contribution in [2.24, 2.45) is 0 Å². The molecule has 0 fully saturated rings. The fourth-order valence-corrected chi connectivity index (χ4v) is 4.16. The number of benzene rings is 1.